The van der Waals surface area contributed by atoms with Crippen molar-refractivity contribution in [3.8, 4) is 33.6 Å². The van der Waals surface area contributed by atoms with Crippen LogP contribution >= 0.6 is 0 Å². The molecule has 0 fully saturated rings. The van der Waals surface area contributed by atoms with Crippen LogP contribution in [0.15, 0.2) is 132 Å². The summed E-state index contributed by atoms with van der Waals surface area (Å²) in [7, 11) is 0. The van der Waals surface area contributed by atoms with Gasteiger partial charge in [-0.15, -0.1) is 52.9 Å². The van der Waals surface area contributed by atoms with Crippen molar-refractivity contribution in [2.75, 3.05) is 0 Å². The van der Waals surface area contributed by atoms with E-state index in [0.29, 0.717) is 16.8 Å². The molecule has 8 aromatic rings. The number of hydrogen-bond acceptors (Lipinski definition) is 3. The maximum atomic E-state index is 8.57. The van der Waals surface area contributed by atoms with E-state index >= 15 is 0 Å². The molecule has 245 valence electrons. The van der Waals surface area contributed by atoms with Gasteiger partial charge < -0.3 is 9.40 Å². The molecule has 3 aromatic heterocycles. The van der Waals surface area contributed by atoms with E-state index in [1.54, 1.807) is 12.1 Å². The van der Waals surface area contributed by atoms with Crippen molar-refractivity contribution >= 4 is 32.7 Å². The normalized spacial score (nSPS) is 14.5. The van der Waals surface area contributed by atoms with Gasteiger partial charge in [0, 0.05) is 54.5 Å². The van der Waals surface area contributed by atoms with Crippen LogP contribution in [0.25, 0.3) is 66.4 Å². The molecule has 0 N–H and O–H groups in total. The fourth-order valence-corrected chi connectivity index (χ4v) is 5.73. The number of benzene rings is 5. The van der Waals surface area contributed by atoms with Crippen LogP contribution in [0.5, 0.6) is 0 Å². The number of rotatable bonds is 4. The average Bonchev–Trinajstić information content (AvgIpc) is 3.57. The van der Waals surface area contributed by atoms with Gasteiger partial charge in [0.15, 0.2) is 0 Å². The van der Waals surface area contributed by atoms with Crippen LogP contribution in [0, 0.1) is 31.3 Å². The number of hydrogen-bond donors (Lipinski definition) is 0. The molecular formula is C45H38IrN2O-2. The molecule has 8 rings (SSSR count). The molecular weight excluding hydrogens is 777 g/mol. The zero-order valence-electron chi connectivity index (χ0n) is 35.3. The first kappa shape index (κ1) is 25.1. The zero-order chi connectivity index (χ0) is 40.0. The van der Waals surface area contributed by atoms with E-state index in [9.17, 15) is 0 Å². The molecule has 0 spiro atoms. The third kappa shape index (κ3) is 7.57. The summed E-state index contributed by atoms with van der Waals surface area (Å²) in [6.45, 7) is 1.44. The van der Waals surface area contributed by atoms with Crippen LogP contribution in [-0.4, -0.2) is 9.97 Å². The maximum absolute atomic E-state index is 8.57. The number of fused-ring (bicyclic) bond motifs is 5. The van der Waals surface area contributed by atoms with Gasteiger partial charge in [-0.2, -0.15) is 0 Å². The average molecular weight is 823 g/mol. The third-order valence-corrected chi connectivity index (χ3v) is 7.88. The first-order chi connectivity index (χ1) is 26.4. The quantitative estimate of drug-likeness (QED) is 0.166. The Morgan fingerprint density at radius 3 is 2.22 bits per heavy atom. The Kier molecular flexibility index (Phi) is 7.34. The molecule has 3 heterocycles. The van der Waals surface area contributed by atoms with Gasteiger partial charge in [0.2, 0.25) is 0 Å². The van der Waals surface area contributed by atoms with Crippen molar-refractivity contribution in [3.05, 3.63) is 156 Å². The molecule has 0 unspecified atom stereocenters. The second-order valence-corrected chi connectivity index (χ2v) is 12.7. The van der Waals surface area contributed by atoms with Gasteiger partial charge in [-0.3, -0.25) is 4.98 Å². The predicted molar refractivity (Wildman–Crippen MR) is 200 cm³/mol. The van der Waals surface area contributed by atoms with E-state index in [0.717, 1.165) is 55.1 Å². The SMILES string of the molecule is [2H]C([2H])([2H])c1c[c-]c(-c2ccc(C([2H])([2H])[2H])cn2)cc1.[2H]C([2H])(c1ccc(-c2ccnc(-c3[c-]c4ccccc4c4c3oc3ccccc34)c2)cc1)C(C)(C)C.[Ir]. The monoisotopic (exact) mass is 823 g/mol. The Labute approximate surface area is 313 Å². The second-order valence-electron chi connectivity index (χ2n) is 12.7. The zero-order valence-corrected chi connectivity index (χ0v) is 29.7. The summed E-state index contributed by atoms with van der Waals surface area (Å²) >= 11 is 0. The molecule has 0 atom stereocenters. The molecule has 49 heavy (non-hydrogen) atoms. The van der Waals surface area contributed by atoms with E-state index in [2.05, 4.69) is 41.4 Å². The van der Waals surface area contributed by atoms with Gasteiger partial charge in [0.05, 0.1) is 5.58 Å². The van der Waals surface area contributed by atoms with Crippen molar-refractivity contribution in [1.82, 2.24) is 9.97 Å². The molecule has 0 bridgehead atoms. The van der Waals surface area contributed by atoms with Crippen LogP contribution in [0.3, 0.4) is 0 Å². The van der Waals surface area contributed by atoms with E-state index in [1.165, 1.54) is 24.4 Å². The van der Waals surface area contributed by atoms with Crippen LogP contribution in [0.4, 0.5) is 0 Å². The van der Waals surface area contributed by atoms with Crippen LogP contribution in [0.1, 0.15) is 48.4 Å². The van der Waals surface area contributed by atoms with Gasteiger partial charge in [-0.05, 0) is 64.1 Å². The van der Waals surface area contributed by atoms with Crippen molar-refractivity contribution in [3.63, 3.8) is 0 Å². The van der Waals surface area contributed by atoms with E-state index in [-0.39, 0.29) is 31.2 Å². The maximum Gasteiger partial charge on any atom is 0.123 e. The number of pyridine rings is 2. The summed E-state index contributed by atoms with van der Waals surface area (Å²) in [5, 5.41) is 4.29. The minimum atomic E-state index is -2.18. The molecule has 3 nitrogen and oxygen atoms in total. The van der Waals surface area contributed by atoms with E-state index in [1.807, 2.05) is 87.6 Å². The first-order valence-electron chi connectivity index (χ1n) is 19.7. The van der Waals surface area contributed by atoms with Crippen LogP contribution in [-0.2, 0) is 26.5 Å². The summed E-state index contributed by atoms with van der Waals surface area (Å²) in [6.07, 6.45) is 1.68. The molecule has 0 aliphatic carbocycles. The van der Waals surface area contributed by atoms with Crippen LogP contribution in [0.2, 0.25) is 0 Å². The molecule has 1 radical (unpaired) electrons. The van der Waals surface area contributed by atoms with Gasteiger partial charge in [0.25, 0.3) is 0 Å². The Morgan fingerprint density at radius 2 is 1.51 bits per heavy atom. The third-order valence-electron chi connectivity index (χ3n) is 7.88. The number of aromatic nitrogens is 2. The molecule has 0 amide bonds. The second kappa shape index (κ2) is 14.3. The van der Waals surface area contributed by atoms with Crippen molar-refractivity contribution in [1.29, 1.82) is 0 Å². The summed E-state index contributed by atoms with van der Waals surface area (Å²) in [6, 6.07) is 42.2. The molecule has 0 saturated heterocycles. The van der Waals surface area contributed by atoms with E-state index < -0.39 is 25.5 Å². The van der Waals surface area contributed by atoms with Gasteiger partial charge in [0.1, 0.15) is 5.58 Å². The Morgan fingerprint density at radius 1 is 0.755 bits per heavy atom. The summed E-state index contributed by atoms with van der Waals surface area (Å²) in [5.41, 5.74) is 7.00. The standard InChI is InChI=1S/C32H26NO.C13H12N.Ir/c1-32(2,3)20-21-12-14-22(15-13-21)23-16-17-33-28(19-23)27-18-24-8-4-5-9-25(24)30-26-10-6-7-11-29(26)34-31(27)30;1-10-3-6-12(7-4-10)13-8-5-11(2)9-14-13;/h4-17,19H,20H2,1-3H3;3-6,8-9H,1-2H3;/q2*-1;/i20D2;1D3,2D3;. The summed E-state index contributed by atoms with van der Waals surface area (Å²) < 4.78 is 67.1. The summed E-state index contributed by atoms with van der Waals surface area (Å²) in [5.74, 6) is 0. The Hall–Kier alpha value is -4.89. The smallest absolute Gasteiger partial charge is 0.123 e. The van der Waals surface area contributed by atoms with Gasteiger partial charge in [-0.25, -0.2) is 0 Å². The van der Waals surface area contributed by atoms with Crippen LogP contribution < -0.4 is 0 Å². The fourth-order valence-electron chi connectivity index (χ4n) is 5.73. The molecule has 0 aliphatic heterocycles. The van der Waals surface area contributed by atoms with E-state index in [4.69, 9.17) is 20.4 Å². The minimum Gasteiger partial charge on any atom is -0.491 e. The van der Waals surface area contributed by atoms with Crippen molar-refractivity contribution in [2.24, 2.45) is 5.41 Å². The fraction of sp³-hybridized carbons (Fsp3) is 0.156. The number of aryl methyl sites for hydroxylation is 2. The summed E-state index contributed by atoms with van der Waals surface area (Å²) in [4.78, 5) is 8.78. The Balaban J connectivity index is 0.000000223. The number of para-hydroxylation sites is 1. The number of furan rings is 1. The number of nitrogens with zero attached hydrogens (tertiary/aromatic N) is 2. The largest absolute Gasteiger partial charge is 0.491 e. The minimum absolute atomic E-state index is 0. The van der Waals surface area contributed by atoms with Gasteiger partial charge in [-0.1, -0.05) is 117 Å². The molecule has 0 saturated carbocycles. The van der Waals surface area contributed by atoms with Gasteiger partial charge >= 0.3 is 0 Å². The topological polar surface area (TPSA) is 38.9 Å². The Bertz CT molecular complexity index is 2610. The molecule has 5 aromatic carbocycles. The predicted octanol–water partition coefficient (Wildman–Crippen LogP) is 12.0. The van der Waals surface area contributed by atoms with Crippen molar-refractivity contribution in [2.45, 2.75) is 40.8 Å². The van der Waals surface area contributed by atoms with Crippen molar-refractivity contribution < 1.29 is 35.5 Å². The first-order valence-corrected chi connectivity index (χ1v) is 15.7. The molecule has 0 aliphatic rings. The molecule has 4 heteroatoms.